The average molecular weight is 274 g/mol. The SMILES string of the molecule is O=[N+]([O-])c1ccc(/C=C/C=[N+](\[O-])c2ccccc2)s1. The normalized spacial score (nSPS) is 11.9. The zero-order chi connectivity index (χ0) is 13.7. The minimum Gasteiger partial charge on any atom is -0.618 e. The van der Waals surface area contributed by atoms with Crippen LogP contribution in [0.3, 0.4) is 0 Å². The van der Waals surface area contributed by atoms with Gasteiger partial charge >= 0.3 is 5.00 Å². The first-order valence-electron chi connectivity index (χ1n) is 5.44. The third kappa shape index (κ3) is 3.49. The van der Waals surface area contributed by atoms with E-state index in [2.05, 4.69) is 0 Å². The molecule has 1 aromatic carbocycles. The summed E-state index contributed by atoms with van der Waals surface area (Å²) in [6.07, 6.45) is 4.59. The summed E-state index contributed by atoms with van der Waals surface area (Å²) >= 11 is 1.06. The van der Waals surface area contributed by atoms with Gasteiger partial charge in [-0.2, -0.15) is 4.74 Å². The van der Waals surface area contributed by atoms with Crippen LogP contribution < -0.4 is 0 Å². The van der Waals surface area contributed by atoms with Crippen molar-refractivity contribution >= 4 is 34.3 Å². The number of nitrogens with zero attached hydrogens (tertiary/aromatic N) is 2. The predicted molar refractivity (Wildman–Crippen MR) is 75.8 cm³/mol. The smallest absolute Gasteiger partial charge is 0.324 e. The number of hydrogen-bond donors (Lipinski definition) is 0. The van der Waals surface area contributed by atoms with Crippen LogP contribution in [0, 0.1) is 15.3 Å². The largest absolute Gasteiger partial charge is 0.618 e. The Balaban J connectivity index is 2.08. The van der Waals surface area contributed by atoms with Crippen molar-refractivity contribution in [3.8, 4) is 0 Å². The summed E-state index contributed by atoms with van der Waals surface area (Å²) in [5.74, 6) is 0. The van der Waals surface area contributed by atoms with Gasteiger partial charge in [-0.15, -0.1) is 0 Å². The lowest BCUT2D eigenvalue weighted by molar-refractivity contribution is -0.380. The molecule has 2 rings (SSSR count). The van der Waals surface area contributed by atoms with Crippen LogP contribution in [0.5, 0.6) is 0 Å². The zero-order valence-corrected chi connectivity index (χ0v) is 10.6. The molecule has 0 radical (unpaired) electrons. The first-order chi connectivity index (χ1) is 9.16. The van der Waals surface area contributed by atoms with Crippen LogP contribution in [0.25, 0.3) is 6.08 Å². The van der Waals surface area contributed by atoms with Gasteiger partial charge in [0.2, 0.25) is 5.69 Å². The molecule has 0 unspecified atom stereocenters. The van der Waals surface area contributed by atoms with E-state index in [0.717, 1.165) is 21.0 Å². The molecule has 0 aliphatic carbocycles. The maximum atomic E-state index is 11.7. The van der Waals surface area contributed by atoms with E-state index in [1.807, 2.05) is 6.07 Å². The summed E-state index contributed by atoms with van der Waals surface area (Å²) in [5, 5.41) is 22.2. The average Bonchev–Trinajstić information content (AvgIpc) is 2.89. The molecule has 0 N–H and O–H groups in total. The number of allylic oxidation sites excluding steroid dienone is 1. The van der Waals surface area contributed by atoms with Gasteiger partial charge in [-0.1, -0.05) is 29.5 Å². The Hall–Kier alpha value is -2.47. The number of rotatable bonds is 4. The van der Waals surface area contributed by atoms with Crippen molar-refractivity contribution in [3.05, 3.63) is 68.7 Å². The van der Waals surface area contributed by atoms with Crippen LogP contribution >= 0.6 is 11.3 Å². The van der Waals surface area contributed by atoms with Crippen molar-refractivity contribution in [2.75, 3.05) is 0 Å². The molecule has 6 heteroatoms. The summed E-state index contributed by atoms with van der Waals surface area (Å²) in [4.78, 5) is 10.8. The first-order valence-corrected chi connectivity index (χ1v) is 6.25. The van der Waals surface area contributed by atoms with Gasteiger partial charge in [-0.05, 0) is 12.1 Å². The van der Waals surface area contributed by atoms with Gasteiger partial charge in [-0.3, -0.25) is 10.1 Å². The number of benzene rings is 1. The Labute approximate surface area is 113 Å². The minimum absolute atomic E-state index is 0.0849. The molecule has 0 amide bonds. The van der Waals surface area contributed by atoms with E-state index in [4.69, 9.17) is 0 Å². The molecule has 1 aromatic heterocycles. The van der Waals surface area contributed by atoms with E-state index in [-0.39, 0.29) is 5.00 Å². The Morgan fingerprint density at radius 1 is 1.05 bits per heavy atom. The van der Waals surface area contributed by atoms with Crippen LogP contribution in [0.2, 0.25) is 0 Å². The van der Waals surface area contributed by atoms with Gasteiger partial charge in [0, 0.05) is 29.2 Å². The van der Waals surface area contributed by atoms with Crippen LogP contribution in [-0.4, -0.2) is 15.9 Å². The van der Waals surface area contributed by atoms with Crippen molar-refractivity contribution in [2.24, 2.45) is 0 Å². The molecule has 96 valence electrons. The lowest BCUT2D eigenvalue weighted by Gasteiger charge is -1.99. The molecular formula is C13H10N2O3S. The molecule has 0 aliphatic rings. The molecule has 0 saturated carbocycles. The molecule has 5 nitrogen and oxygen atoms in total. The first kappa shape index (κ1) is 13.0. The summed E-state index contributed by atoms with van der Waals surface area (Å²) < 4.78 is 0.735. The lowest BCUT2D eigenvalue weighted by atomic mass is 10.3. The quantitative estimate of drug-likeness (QED) is 0.281. The van der Waals surface area contributed by atoms with E-state index < -0.39 is 4.92 Å². The fraction of sp³-hybridized carbons (Fsp3) is 0. The second kappa shape index (κ2) is 5.92. The molecule has 1 heterocycles. The highest BCUT2D eigenvalue weighted by molar-refractivity contribution is 7.16. The minimum atomic E-state index is -0.435. The molecule has 0 saturated heterocycles. The van der Waals surface area contributed by atoms with Crippen molar-refractivity contribution in [2.45, 2.75) is 0 Å². The second-order valence-corrected chi connectivity index (χ2v) is 4.70. The predicted octanol–water partition coefficient (Wildman–Crippen LogP) is 3.58. The molecule has 19 heavy (non-hydrogen) atoms. The van der Waals surface area contributed by atoms with Gasteiger partial charge in [0.05, 0.1) is 4.92 Å². The fourth-order valence-corrected chi connectivity index (χ4v) is 2.14. The van der Waals surface area contributed by atoms with Gasteiger partial charge in [0.15, 0.2) is 6.21 Å². The summed E-state index contributed by atoms with van der Waals surface area (Å²) in [5.41, 5.74) is 0.532. The molecule has 0 aliphatic heterocycles. The monoisotopic (exact) mass is 274 g/mol. The Bertz CT molecular complexity index is 632. The summed E-state index contributed by atoms with van der Waals surface area (Å²) in [6.45, 7) is 0. The van der Waals surface area contributed by atoms with Gasteiger partial charge < -0.3 is 5.21 Å². The standard InChI is InChI=1S/C13H10N2O3S/c16-14(11-5-2-1-3-6-11)10-4-7-12-8-9-13(19-12)15(17)18/h1-10H/b7-4+,14-10-. The maximum absolute atomic E-state index is 11.7. The Kier molecular flexibility index (Phi) is 4.04. The van der Waals surface area contributed by atoms with Crippen LogP contribution in [0.4, 0.5) is 10.7 Å². The van der Waals surface area contributed by atoms with Crippen molar-refractivity contribution in [1.82, 2.24) is 0 Å². The molecule has 0 spiro atoms. The molecule has 0 atom stereocenters. The van der Waals surface area contributed by atoms with E-state index >= 15 is 0 Å². The summed E-state index contributed by atoms with van der Waals surface area (Å²) in [7, 11) is 0. The molecular weight excluding hydrogens is 264 g/mol. The highest BCUT2D eigenvalue weighted by Gasteiger charge is 2.07. The van der Waals surface area contributed by atoms with E-state index in [9.17, 15) is 15.3 Å². The third-order valence-corrected chi connectivity index (χ3v) is 3.29. The zero-order valence-electron chi connectivity index (χ0n) is 9.80. The van der Waals surface area contributed by atoms with E-state index in [1.165, 1.54) is 12.3 Å². The summed E-state index contributed by atoms with van der Waals surface area (Å²) in [6, 6.07) is 11.9. The van der Waals surface area contributed by atoms with Crippen molar-refractivity contribution < 1.29 is 9.66 Å². The third-order valence-electron chi connectivity index (χ3n) is 2.29. The van der Waals surface area contributed by atoms with Crippen LogP contribution in [0.15, 0.2) is 48.5 Å². The van der Waals surface area contributed by atoms with E-state index in [0.29, 0.717) is 5.69 Å². The Morgan fingerprint density at radius 3 is 2.42 bits per heavy atom. The van der Waals surface area contributed by atoms with Crippen molar-refractivity contribution in [1.29, 1.82) is 0 Å². The van der Waals surface area contributed by atoms with Gasteiger partial charge in [-0.25, -0.2) is 0 Å². The maximum Gasteiger partial charge on any atom is 0.324 e. The molecule has 0 fully saturated rings. The molecule has 0 bridgehead atoms. The highest BCUT2D eigenvalue weighted by Crippen LogP contribution is 2.24. The van der Waals surface area contributed by atoms with E-state index in [1.54, 1.807) is 42.5 Å². The number of thiophene rings is 1. The lowest BCUT2D eigenvalue weighted by Crippen LogP contribution is -1.94. The number of hydrogen-bond acceptors (Lipinski definition) is 4. The Morgan fingerprint density at radius 2 is 1.79 bits per heavy atom. The highest BCUT2D eigenvalue weighted by atomic mass is 32.1. The van der Waals surface area contributed by atoms with Crippen LogP contribution in [-0.2, 0) is 0 Å². The van der Waals surface area contributed by atoms with Crippen LogP contribution in [0.1, 0.15) is 4.88 Å². The molecule has 2 aromatic rings. The number of nitro groups is 1. The van der Waals surface area contributed by atoms with Gasteiger partial charge in [0.1, 0.15) is 0 Å². The second-order valence-electron chi connectivity index (χ2n) is 3.60. The van der Waals surface area contributed by atoms with Gasteiger partial charge in [0.25, 0.3) is 0 Å². The number of para-hydroxylation sites is 1. The van der Waals surface area contributed by atoms with Crippen molar-refractivity contribution in [3.63, 3.8) is 0 Å². The fourth-order valence-electron chi connectivity index (χ4n) is 1.41. The topological polar surface area (TPSA) is 69.2 Å².